The molecule has 0 atom stereocenters. The number of benzene rings is 3. The van der Waals surface area contributed by atoms with Crippen LogP contribution in [0.2, 0.25) is 20.1 Å². The fraction of sp³-hybridized carbons (Fsp3) is 0.0909. The van der Waals surface area contributed by atoms with Crippen molar-refractivity contribution in [2.45, 2.75) is 13.5 Å². The zero-order valence-corrected chi connectivity index (χ0v) is 18.8. The fourth-order valence-corrected chi connectivity index (χ4v) is 3.71. The molecule has 0 aromatic heterocycles. The number of aryl methyl sites for hydroxylation is 1. The van der Waals surface area contributed by atoms with E-state index in [0.717, 1.165) is 11.1 Å². The number of ether oxygens (including phenoxy) is 1. The predicted octanol–water partition coefficient (Wildman–Crippen LogP) is 6.95. The third-order valence-corrected chi connectivity index (χ3v) is 5.34. The number of halogens is 4. The topological polar surface area (TPSA) is 50.7 Å². The van der Waals surface area contributed by atoms with Crippen LogP contribution in [-0.2, 0) is 6.61 Å². The monoisotopic (exact) mass is 480 g/mol. The first kappa shape index (κ1) is 22.4. The van der Waals surface area contributed by atoms with Gasteiger partial charge in [-0.05, 0) is 48.4 Å². The van der Waals surface area contributed by atoms with Crippen molar-refractivity contribution in [3.05, 3.63) is 96.9 Å². The van der Waals surface area contributed by atoms with Crippen molar-refractivity contribution in [1.82, 2.24) is 5.43 Å². The first-order valence-electron chi connectivity index (χ1n) is 8.80. The van der Waals surface area contributed by atoms with Gasteiger partial charge in [0, 0.05) is 10.6 Å². The predicted molar refractivity (Wildman–Crippen MR) is 123 cm³/mol. The Bertz CT molecular complexity index is 1090. The number of hydrazone groups is 1. The Balaban J connectivity index is 1.67. The van der Waals surface area contributed by atoms with Crippen LogP contribution in [0.1, 0.15) is 27.0 Å². The molecule has 0 heterocycles. The lowest BCUT2D eigenvalue weighted by molar-refractivity contribution is 0.0955. The Kier molecular flexibility index (Phi) is 7.62. The Morgan fingerprint density at radius 1 is 0.967 bits per heavy atom. The molecule has 3 aromatic rings. The van der Waals surface area contributed by atoms with Gasteiger partial charge in [0.15, 0.2) is 5.75 Å². The molecule has 30 heavy (non-hydrogen) atoms. The van der Waals surface area contributed by atoms with Crippen LogP contribution in [0.5, 0.6) is 5.75 Å². The molecule has 3 aromatic carbocycles. The smallest absolute Gasteiger partial charge is 0.272 e. The largest absolute Gasteiger partial charge is 0.486 e. The van der Waals surface area contributed by atoms with Crippen LogP contribution < -0.4 is 10.2 Å². The molecule has 0 fully saturated rings. The molecule has 3 rings (SSSR count). The van der Waals surface area contributed by atoms with Gasteiger partial charge < -0.3 is 4.74 Å². The second-order valence-corrected chi connectivity index (χ2v) is 8.00. The molecule has 0 bridgehead atoms. The Labute approximate surface area is 194 Å². The van der Waals surface area contributed by atoms with E-state index < -0.39 is 5.91 Å². The number of nitrogens with zero attached hydrogens (tertiary/aromatic N) is 1. The molecule has 0 saturated heterocycles. The maximum atomic E-state index is 12.2. The van der Waals surface area contributed by atoms with E-state index in [1.54, 1.807) is 36.4 Å². The van der Waals surface area contributed by atoms with Gasteiger partial charge in [-0.25, -0.2) is 5.43 Å². The molecule has 0 aliphatic carbocycles. The average Bonchev–Trinajstić information content (AvgIpc) is 2.68. The van der Waals surface area contributed by atoms with E-state index in [0.29, 0.717) is 37.0 Å². The van der Waals surface area contributed by atoms with Crippen molar-refractivity contribution in [2.24, 2.45) is 5.10 Å². The summed E-state index contributed by atoms with van der Waals surface area (Å²) in [6.45, 7) is 2.11. The van der Waals surface area contributed by atoms with Gasteiger partial charge in [-0.2, -0.15) is 5.10 Å². The number of amides is 1. The number of carbonyl (C=O) groups excluding carboxylic acids is 1. The van der Waals surface area contributed by atoms with Crippen molar-refractivity contribution in [2.75, 3.05) is 0 Å². The summed E-state index contributed by atoms with van der Waals surface area (Å²) in [7, 11) is 0. The van der Waals surface area contributed by atoms with Crippen LogP contribution in [0.25, 0.3) is 0 Å². The highest BCUT2D eigenvalue weighted by Crippen LogP contribution is 2.34. The molecule has 0 aliphatic heterocycles. The lowest BCUT2D eigenvalue weighted by Crippen LogP contribution is -2.18. The zero-order valence-electron chi connectivity index (χ0n) is 15.8. The van der Waals surface area contributed by atoms with Gasteiger partial charge in [-0.1, -0.05) is 70.7 Å². The van der Waals surface area contributed by atoms with E-state index in [-0.39, 0.29) is 6.61 Å². The van der Waals surface area contributed by atoms with Crippen LogP contribution in [0.4, 0.5) is 0 Å². The molecule has 0 unspecified atom stereocenters. The van der Waals surface area contributed by atoms with E-state index in [4.69, 9.17) is 51.1 Å². The van der Waals surface area contributed by atoms with Gasteiger partial charge in [0.1, 0.15) is 6.61 Å². The maximum absolute atomic E-state index is 12.2. The lowest BCUT2D eigenvalue weighted by atomic mass is 10.1. The SMILES string of the molecule is Cc1ccc(C(=O)N/N=C\c2cc(Cl)c(OCc3ccccc3Cl)c(Cl)c2)c(Cl)c1. The Morgan fingerprint density at radius 3 is 2.33 bits per heavy atom. The molecular weight excluding hydrogens is 466 g/mol. The number of carbonyl (C=O) groups is 1. The van der Waals surface area contributed by atoms with Gasteiger partial charge >= 0.3 is 0 Å². The first-order chi connectivity index (χ1) is 14.3. The van der Waals surface area contributed by atoms with Gasteiger partial charge in [-0.15, -0.1) is 0 Å². The lowest BCUT2D eigenvalue weighted by Gasteiger charge is -2.11. The number of hydrogen-bond donors (Lipinski definition) is 1. The summed E-state index contributed by atoms with van der Waals surface area (Å²) in [6.07, 6.45) is 1.43. The first-order valence-corrected chi connectivity index (χ1v) is 10.3. The molecule has 0 radical (unpaired) electrons. The minimum Gasteiger partial charge on any atom is -0.486 e. The third kappa shape index (κ3) is 5.67. The van der Waals surface area contributed by atoms with Crippen LogP contribution in [0.15, 0.2) is 59.7 Å². The summed E-state index contributed by atoms with van der Waals surface area (Å²) < 4.78 is 5.74. The summed E-state index contributed by atoms with van der Waals surface area (Å²) in [5.74, 6) is -0.0842. The van der Waals surface area contributed by atoms with E-state index in [2.05, 4.69) is 10.5 Å². The van der Waals surface area contributed by atoms with Crippen molar-refractivity contribution >= 4 is 58.5 Å². The standard InChI is InChI=1S/C22H16Cl4N2O2/c1-13-6-7-16(18(24)8-13)22(29)28-27-11-14-9-19(25)21(20(26)10-14)30-12-15-4-2-3-5-17(15)23/h2-11H,12H2,1H3,(H,28,29)/b27-11-. The molecule has 1 N–H and O–H groups in total. The van der Waals surface area contributed by atoms with Crippen molar-refractivity contribution < 1.29 is 9.53 Å². The van der Waals surface area contributed by atoms with Crippen molar-refractivity contribution in [3.8, 4) is 5.75 Å². The molecule has 0 aliphatic rings. The highest BCUT2D eigenvalue weighted by atomic mass is 35.5. The quantitative estimate of drug-likeness (QED) is 0.305. The number of hydrogen-bond acceptors (Lipinski definition) is 3. The minimum atomic E-state index is -0.423. The van der Waals surface area contributed by atoms with Gasteiger partial charge in [0.05, 0.1) is 26.8 Å². The maximum Gasteiger partial charge on any atom is 0.272 e. The van der Waals surface area contributed by atoms with Gasteiger partial charge in [-0.3, -0.25) is 4.79 Å². The minimum absolute atomic E-state index is 0.222. The molecule has 154 valence electrons. The molecular formula is C22H16Cl4N2O2. The van der Waals surface area contributed by atoms with E-state index in [1.807, 2.05) is 25.1 Å². The highest BCUT2D eigenvalue weighted by molar-refractivity contribution is 6.37. The Morgan fingerprint density at radius 2 is 1.67 bits per heavy atom. The van der Waals surface area contributed by atoms with Crippen LogP contribution >= 0.6 is 46.4 Å². The highest BCUT2D eigenvalue weighted by Gasteiger charge is 2.12. The number of rotatable bonds is 6. The van der Waals surface area contributed by atoms with Crippen LogP contribution in [-0.4, -0.2) is 12.1 Å². The van der Waals surface area contributed by atoms with Crippen LogP contribution in [0.3, 0.4) is 0 Å². The normalized spacial score (nSPS) is 11.0. The summed E-state index contributed by atoms with van der Waals surface area (Å²) in [4.78, 5) is 12.2. The Hall–Kier alpha value is -2.24. The van der Waals surface area contributed by atoms with E-state index in [9.17, 15) is 4.79 Å². The zero-order chi connectivity index (χ0) is 21.7. The molecule has 0 saturated carbocycles. The van der Waals surface area contributed by atoms with Gasteiger partial charge in [0.25, 0.3) is 5.91 Å². The summed E-state index contributed by atoms with van der Waals surface area (Å²) in [5.41, 5.74) is 5.12. The molecule has 4 nitrogen and oxygen atoms in total. The second kappa shape index (κ2) is 10.2. The summed E-state index contributed by atoms with van der Waals surface area (Å²) >= 11 is 24.8. The van der Waals surface area contributed by atoms with Crippen molar-refractivity contribution in [1.29, 1.82) is 0 Å². The average molecular weight is 482 g/mol. The number of nitrogens with one attached hydrogen (secondary N) is 1. The van der Waals surface area contributed by atoms with Crippen LogP contribution in [0, 0.1) is 6.92 Å². The second-order valence-electron chi connectivity index (χ2n) is 6.38. The fourth-order valence-electron chi connectivity index (χ4n) is 2.59. The molecule has 0 spiro atoms. The molecule has 1 amide bonds. The van der Waals surface area contributed by atoms with E-state index >= 15 is 0 Å². The summed E-state index contributed by atoms with van der Waals surface area (Å²) in [6, 6.07) is 15.7. The summed E-state index contributed by atoms with van der Waals surface area (Å²) in [5, 5.41) is 5.51. The van der Waals surface area contributed by atoms with Gasteiger partial charge in [0.2, 0.25) is 0 Å². The third-order valence-electron chi connectivity index (χ3n) is 4.10. The molecule has 8 heteroatoms. The van der Waals surface area contributed by atoms with Crippen molar-refractivity contribution in [3.63, 3.8) is 0 Å². The van der Waals surface area contributed by atoms with E-state index in [1.165, 1.54) is 6.21 Å².